The quantitative estimate of drug-likeness (QED) is 0.249. The van der Waals surface area contributed by atoms with Gasteiger partial charge in [-0.3, -0.25) is 4.79 Å². The van der Waals surface area contributed by atoms with Crippen LogP contribution in [-0.2, 0) is 19.1 Å². The van der Waals surface area contributed by atoms with E-state index in [-0.39, 0.29) is 31.3 Å². The third kappa shape index (κ3) is 6.59. The molecule has 2 aromatic carbocycles. The van der Waals surface area contributed by atoms with Crippen molar-refractivity contribution in [3.8, 4) is 28.7 Å². The molecular weight excluding hydrogens is 554 g/mol. The molecule has 10 heteroatoms. The Kier molecular flexibility index (Phi) is 10.6. The van der Waals surface area contributed by atoms with Crippen LogP contribution in [0.25, 0.3) is 0 Å². The van der Waals surface area contributed by atoms with Gasteiger partial charge in [0.1, 0.15) is 6.61 Å². The van der Waals surface area contributed by atoms with Gasteiger partial charge in [-0.05, 0) is 68.5 Å². The van der Waals surface area contributed by atoms with Crippen molar-refractivity contribution in [1.29, 1.82) is 0 Å². The molecule has 43 heavy (non-hydrogen) atoms. The number of benzene rings is 2. The zero-order valence-electron chi connectivity index (χ0n) is 26.0. The van der Waals surface area contributed by atoms with Gasteiger partial charge in [0.05, 0.1) is 47.2 Å². The van der Waals surface area contributed by atoms with E-state index >= 15 is 0 Å². The summed E-state index contributed by atoms with van der Waals surface area (Å²) in [4.78, 5) is 27.7. The normalized spacial score (nSPS) is 18.1. The lowest BCUT2D eigenvalue weighted by atomic mass is 9.71. The average molecular weight is 596 g/mol. The predicted molar refractivity (Wildman–Crippen MR) is 160 cm³/mol. The van der Waals surface area contributed by atoms with Crippen molar-refractivity contribution in [2.24, 2.45) is 0 Å². The maximum atomic E-state index is 14.1. The topological polar surface area (TPSA) is 111 Å². The maximum absolute atomic E-state index is 14.1. The first-order valence-electron chi connectivity index (χ1n) is 14.4. The molecule has 0 aromatic heterocycles. The Morgan fingerprint density at radius 2 is 1.51 bits per heavy atom. The lowest BCUT2D eigenvalue weighted by molar-refractivity contribution is -0.140. The van der Waals surface area contributed by atoms with Gasteiger partial charge < -0.3 is 38.5 Å². The lowest BCUT2D eigenvalue weighted by Gasteiger charge is -2.37. The fourth-order valence-electron chi connectivity index (χ4n) is 5.77. The summed E-state index contributed by atoms with van der Waals surface area (Å²) >= 11 is 0. The SMILES string of the molecule is CCOCCOC(=O)C1=C(C)NC2=C(C(=O)CC(c3ccc(OCC)c(OC)c3)C2)C1c1cc(OC)c(OC)c(OC)c1. The lowest BCUT2D eigenvalue weighted by Crippen LogP contribution is -2.36. The zero-order chi connectivity index (χ0) is 31.1. The van der Waals surface area contributed by atoms with E-state index < -0.39 is 11.9 Å². The molecule has 1 heterocycles. The van der Waals surface area contributed by atoms with E-state index in [4.69, 9.17) is 33.2 Å². The molecule has 232 valence electrons. The number of Topliss-reactive ketones (excluding diaryl/α,β-unsaturated/α-hetero) is 1. The summed E-state index contributed by atoms with van der Waals surface area (Å²) in [5.41, 5.74) is 3.85. The highest BCUT2D eigenvalue weighted by atomic mass is 16.6. The van der Waals surface area contributed by atoms with Crippen molar-refractivity contribution in [2.75, 3.05) is 54.9 Å². The van der Waals surface area contributed by atoms with Crippen molar-refractivity contribution < 1.29 is 42.7 Å². The standard InChI is InChI=1S/C33H41NO9/c1-8-41-12-13-43-33(36)29-19(3)34-23-14-21(20-10-11-25(42-9-2)26(16-20)37-4)15-24(35)31(23)30(29)22-17-27(38-5)32(40-7)28(18-22)39-6/h10-11,16-18,21,30,34H,8-9,12-15H2,1-7H3. The van der Waals surface area contributed by atoms with Crippen LogP contribution in [0.1, 0.15) is 56.6 Å². The summed E-state index contributed by atoms with van der Waals surface area (Å²) in [6, 6.07) is 9.33. The summed E-state index contributed by atoms with van der Waals surface area (Å²) in [6.45, 7) is 7.01. The molecule has 0 radical (unpaired) electrons. The van der Waals surface area contributed by atoms with E-state index in [9.17, 15) is 9.59 Å². The van der Waals surface area contributed by atoms with Crippen LogP contribution in [0.2, 0.25) is 0 Å². The molecule has 4 rings (SSSR count). The van der Waals surface area contributed by atoms with E-state index in [0.717, 1.165) is 11.3 Å². The minimum Gasteiger partial charge on any atom is -0.493 e. The largest absolute Gasteiger partial charge is 0.493 e. The van der Waals surface area contributed by atoms with Gasteiger partial charge in [0.15, 0.2) is 28.8 Å². The Balaban J connectivity index is 1.80. The minimum absolute atomic E-state index is 0.0718. The Morgan fingerprint density at radius 1 is 0.837 bits per heavy atom. The fourth-order valence-corrected chi connectivity index (χ4v) is 5.77. The van der Waals surface area contributed by atoms with Crippen LogP contribution < -0.4 is 29.0 Å². The average Bonchev–Trinajstić information content (AvgIpc) is 3.01. The second-order valence-electron chi connectivity index (χ2n) is 10.2. The van der Waals surface area contributed by atoms with Gasteiger partial charge in [-0.15, -0.1) is 0 Å². The molecule has 2 aliphatic rings. The van der Waals surface area contributed by atoms with Gasteiger partial charge in [0.2, 0.25) is 5.75 Å². The number of hydrogen-bond donors (Lipinski definition) is 1. The fraction of sp³-hybridized carbons (Fsp3) is 0.455. The monoisotopic (exact) mass is 595 g/mol. The number of esters is 1. The molecular formula is C33H41NO9. The number of methoxy groups -OCH3 is 4. The van der Waals surface area contributed by atoms with Crippen LogP contribution in [0.5, 0.6) is 28.7 Å². The highest BCUT2D eigenvalue weighted by Gasteiger charge is 2.42. The molecule has 0 bridgehead atoms. The molecule has 2 aromatic rings. The van der Waals surface area contributed by atoms with Crippen molar-refractivity contribution in [1.82, 2.24) is 5.32 Å². The molecule has 1 aliphatic carbocycles. The van der Waals surface area contributed by atoms with E-state index in [1.54, 1.807) is 19.2 Å². The first-order chi connectivity index (χ1) is 20.8. The smallest absolute Gasteiger partial charge is 0.336 e. The second-order valence-corrected chi connectivity index (χ2v) is 10.2. The first-order valence-corrected chi connectivity index (χ1v) is 14.4. The number of hydrogen-bond acceptors (Lipinski definition) is 10. The molecule has 10 nitrogen and oxygen atoms in total. The zero-order valence-corrected chi connectivity index (χ0v) is 26.0. The molecule has 0 saturated heterocycles. The van der Waals surface area contributed by atoms with Crippen molar-refractivity contribution in [3.63, 3.8) is 0 Å². The summed E-state index contributed by atoms with van der Waals surface area (Å²) in [5.74, 6) is 1.11. The van der Waals surface area contributed by atoms with Crippen LogP contribution in [0.3, 0.4) is 0 Å². The third-order valence-corrected chi connectivity index (χ3v) is 7.69. The van der Waals surface area contributed by atoms with Crippen LogP contribution in [0.15, 0.2) is 52.9 Å². The van der Waals surface area contributed by atoms with Gasteiger partial charge in [-0.2, -0.15) is 0 Å². The Morgan fingerprint density at radius 3 is 2.12 bits per heavy atom. The van der Waals surface area contributed by atoms with Gasteiger partial charge in [-0.25, -0.2) is 4.79 Å². The van der Waals surface area contributed by atoms with Gasteiger partial charge in [0.25, 0.3) is 0 Å². The molecule has 0 fully saturated rings. The summed E-state index contributed by atoms with van der Waals surface area (Å²) in [6.07, 6.45) is 0.813. The molecule has 1 N–H and O–H groups in total. The summed E-state index contributed by atoms with van der Waals surface area (Å²) in [7, 11) is 6.18. The Labute approximate surface area is 252 Å². The minimum atomic E-state index is -0.715. The van der Waals surface area contributed by atoms with Crippen LogP contribution in [-0.4, -0.2) is 66.6 Å². The summed E-state index contributed by atoms with van der Waals surface area (Å²) in [5, 5.41) is 3.38. The molecule has 2 atom stereocenters. The number of ether oxygens (including phenoxy) is 7. The number of carbonyl (C=O) groups is 2. The van der Waals surface area contributed by atoms with Gasteiger partial charge in [0, 0.05) is 35.9 Å². The Hall–Kier alpha value is -4.18. The number of dihydropyridines is 1. The molecule has 0 saturated carbocycles. The molecule has 1 aliphatic heterocycles. The Bertz CT molecular complexity index is 1390. The predicted octanol–water partition coefficient (Wildman–Crippen LogP) is 5.06. The van der Waals surface area contributed by atoms with Crippen LogP contribution in [0, 0.1) is 0 Å². The number of rotatable bonds is 13. The highest BCUT2D eigenvalue weighted by Crippen LogP contribution is 2.49. The highest BCUT2D eigenvalue weighted by molar-refractivity contribution is 6.04. The van der Waals surface area contributed by atoms with E-state index in [2.05, 4.69) is 5.32 Å². The number of carbonyl (C=O) groups excluding carboxylic acids is 2. The number of allylic oxidation sites excluding steroid dienone is 3. The number of ketones is 1. The molecule has 0 amide bonds. The summed E-state index contributed by atoms with van der Waals surface area (Å²) < 4.78 is 39.0. The third-order valence-electron chi connectivity index (χ3n) is 7.69. The number of nitrogens with one attached hydrogen (secondary N) is 1. The van der Waals surface area contributed by atoms with Gasteiger partial charge >= 0.3 is 5.97 Å². The van der Waals surface area contributed by atoms with Crippen molar-refractivity contribution in [2.45, 2.75) is 45.4 Å². The maximum Gasteiger partial charge on any atom is 0.336 e. The van der Waals surface area contributed by atoms with Gasteiger partial charge in [-0.1, -0.05) is 6.07 Å². The first kappa shape index (κ1) is 31.7. The van der Waals surface area contributed by atoms with Crippen LogP contribution >= 0.6 is 0 Å². The molecule has 0 spiro atoms. The van der Waals surface area contributed by atoms with Crippen molar-refractivity contribution in [3.05, 3.63) is 64.0 Å². The van der Waals surface area contributed by atoms with Crippen molar-refractivity contribution >= 4 is 11.8 Å². The van der Waals surface area contributed by atoms with E-state index in [1.807, 2.05) is 39.0 Å². The van der Waals surface area contributed by atoms with E-state index in [0.29, 0.717) is 70.8 Å². The van der Waals surface area contributed by atoms with E-state index in [1.165, 1.54) is 21.3 Å². The molecule has 2 unspecified atom stereocenters. The second kappa shape index (κ2) is 14.3. The van der Waals surface area contributed by atoms with Crippen LogP contribution in [0.4, 0.5) is 0 Å².